The van der Waals surface area contributed by atoms with Gasteiger partial charge in [0.2, 0.25) is 15.9 Å². The van der Waals surface area contributed by atoms with Gasteiger partial charge < -0.3 is 5.32 Å². The predicted octanol–water partition coefficient (Wildman–Crippen LogP) is 2.70. The molecule has 138 valence electrons. The van der Waals surface area contributed by atoms with Crippen LogP contribution in [0.1, 0.15) is 38.2 Å². The van der Waals surface area contributed by atoms with Crippen molar-refractivity contribution in [2.24, 2.45) is 17.8 Å². The number of nitrogens with zero attached hydrogens (tertiary/aromatic N) is 1. The van der Waals surface area contributed by atoms with E-state index in [1.165, 1.54) is 30.0 Å². The molecule has 0 radical (unpaired) electrons. The van der Waals surface area contributed by atoms with E-state index in [2.05, 4.69) is 12.2 Å². The van der Waals surface area contributed by atoms with Gasteiger partial charge >= 0.3 is 0 Å². The van der Waals surface area contributed by atoms with Crippen molar-refractivity contribution in [3.05, 3.63) is 29.8 Å². The topological polar surface area (TPSA) is 66.5 Å². The Morgan fingerprint density at radius 2 is 2.00 bits per heavy atom. The SMILES string of the molecule is Cc1ccccc1N(CC(=O)NC(C)C1CC2CCC1C2)S(C)(=O)=O. The molecule has 2 saturated carbocycles. The fraction of sp³-hybridized carbons (Fsp3) is 0.632. The van der Waals surface area contributed by atoms with Crippen LogP contribution in [0, 0.1) is 24.7 Å². The third kappa shape index (κ3) is 4.00. The molecule has 2 aliphatic carbocycles. The fourth-order valence-electron chi connectivity index (χ4n) is 4.67. The van der Waals surface area contributed by atoms with Crippen LogP contribution in [0.25, 0.3) is 0 Å². The Balaban J connectivity index is 1.68. The number of para-hydroxylation sites is 1. The van der Waals surface area contributed by atoms with Crippen LogP contribution < -0.4 is 9.62 Å². The molecule has 0 aliphatic heterocycles. The maximum atomic E-state index is 12.5. The average Bonchev–Trinajstić information content (AvgIpc) is 3.15. The van der Waals surface area contributed by atoms with Gasteiger partial charge in [0.05, 0.1) is 11.9 Å². The first-order valence-corrected chi connectivity index (χ1v) is 10.9. The van der Waals surface area contributed by atoms with E-state index >= 15 is 0 Å². The highest BCUT2D eigenvalue weighted by Crippen LogP contribution is 2.49. The maximum Gasteiger partial charge on any atom is 0.240 e. The first-order valence-electron chi connectivity index (χ1n) is 9.08. The summed E-state index contributed by atoms with van der Waals surface area (Å²) in [6.45, 7) is 3.74. The number of carbonyl (C=O) groups excluding carboxylic acids is 1. The van der Waals surface area contributed by atoms with Crippen molar-refractivity contribution in [1.29, 1.82) is 0 Å². The third-order valence-corrected chi connectivity index (χ3v) is 7.02. The molecule has 6 heteroatoms. The Hall–Kier alpha value is -1.56. The lowest BCUT2D eigenvalue weighted by atomic mass is 9.84. The number of aryl methyl sites for hydroxylation is 1. The summed E-state index contributed by atoms with van der Waals surface area (Å²) in [7, 11) is -3.53. The molecule has 4 unspecified atom stereocenters. The molecule has 5 nitrogen and oxygen atoms in total. The molecule has 0 spiro atoms. The van der Waals surface area contributed by atoms with E-state index in [0.29, 0.717) is 11.6 Å². The molecule has 1 N–H and O–H groups in total. The average molecular weight is 365 g/mol. The number of hydrogen-bond acceptors (Lipinski definition) is 3. The van der Waals surface area contributed by atoms with E-state index in [0.717, 1.165) is 23.7 Å². The molecule has 4 atom stereocenters. The quantitative estimate of drug-likeness (QED) is 0.844. The molecule has 2 aliphatic rings. The number of anilines is 1. The summed E-state index contributed by atoms with van der Waals surface area (Å²) < 4.78 is 25.6. The van der Waals surface area contributed by atoms with Gasteiger partial charge in [-0.2, -0.15) is 0 Å². The minimum Gasteiger partial charge on any atom is -0.352 e. The summed E-state index contributed by atoms with van der Waals surface area (Å²) in [5.41, 5.74) is 1.40. The van der Waals surface area contributed by atoms with Gasteiger partial charge in [-0.15, -0.1) is 0 Å². The summed E-state index contributed by atoms with van der Waals surface area (Å²) in [5, 5.41) is 3.05. The monoisotopic (exact) mass is 364 g/mol. The molecular weight excluding hydrogens is 336 g/mol. The second-order valence-corrected chi connectivity index (χ2v) is 9.66. The summed E-state index contributed by atoms with van der Waals surface area (Å²) in [4.78, 5) is 12.5. The normalized spacial score (nSPS) is 26.4. The van der Waals surface area contributed by atoms with Gasteiger partial charge in [-0.1, -0.05) is 24.6 Å². The highest BCUT2D eigenvalue weighted by atomic mass is 32.2. The molecule has 1 aromatic rings. The van der Waals surface area contributed by atoms with Crippen LogP contribution in [0.4, 0.5) is 5.69 Å². The van der Waals surface area contributed by atoms with Gasteiger partial charge in [-0.25, -0.2) is 8.42 Å². The highest BCUT2D eigenvalue weighted by molar-refractivity contribution is 7.92. The van der Waals surface area contributed by atoms with Gasteiger partial charge in [0.1, 0.15) is 6.54 Å². The Bertz CT molecular complexity index is 747. The molecule has 1 amide bonds. The molecule has 1 aromatic carbocycles. The van der Waals surface area contributed by atoms with E-state index in [4.69, 9.17) is 0 Å². The molecule has 25 heavy (non-hydrogen) atoms. The number of sulfonamides is 1. The predicted molar refractivity (Wildman–Crippen MR) is 99.9 cm³/mol. The fourth-order valence-corrected chi connectivity index (χ4v) is 5.58. The molecule has 0 saturated heterocycles. The molecule has 3 rings (SSSR count). The van der Waals surface area contributed by atoms with Crippen LogP contribution in [0.3, 0.4) is 0 Å². The van der Waals surface area contributed by atoms with Crippen molar-refractivity contribution >= 4 is 21.6 Å². The summed E-state index contributed by atoms with van der Waals surface area (Å²) in [6, 6.07) is 7.33. The zero-order valence-corrected chi connectivity index (χ0v) is 16.1. The number of rotatable bonds is 6. The Labute approximate surface area is 150 Å². The first-order chi connectivity index (χ1) is 11.8. The lowest BCUT2D eigenvalue weighted by Crippen LogP contribution is -2.46. The third-order valence-electron chi connectivity index (χ3n) is 5.90. The lowest BCUT2D eigenvalue weighted by Gasteiger charge is -2.30. The standard InChI is InChI=1S/C19H28N2O3S/c1-13-6-4-5-7-18(13)21(25(3,23)24)12-19(22)20-14(2)17-11-15-8-9-16(17)10-15/h4-7,14-17H,8-12H2,1-3H3,(H,20,22). The van der Waals surface area contributed by atoms with Gasteiger partial charge in [0.25, 0.3) is 0 Å². The van der Waals surface area contributed by atoms with Crippen molar-refractivity contribution in [2.75, 3.05) is 17.1 Å². The molecule has 2 fully saturated rings. The van der Waals surface area contributed by atoms with Crippen molar-refractivity contribution in [2.45, 2.75) is 45.6 Å². The largest absolute Gasteiger partial charge is 0.352 e. The number of hydrogen-bond donors (Lipinski definition) is 1. The second kappa shape index (κ2) is 6.98. The number of carbonyl (C=O) groups is 1. The van der Waals surface area contributed by atoms with E-state index in [9.17, 15) is 13.2 Å². The molecule has 0 aromatic heterocycles. The van der Waals surface area contributed by atoms with Crippen molar-refractivity contribution in [3.63, 3.8) is 0 Å². The van der Waals surface area contributed by atoms with Gasteiger partial charge in [-0.05, 0) is 62.5 Å². The van der Waals surface area contributed by atoms with Gasteiger partial charge in [0.15, 0.2) is 0 Å². The molecule has 0 heterocycles. The number of fused-ring (bicyclic) bond motifs is 2. The number of benzene rings is 1. The van der Waals surface area contributed by atoms with Crippen LogP contribution in [0.2, 0.25) is 0 Å². The van der Waals surface area contributed by atoms with Crippen LogP contribution >= 0.6 is 0 Å². The Morgan fingerprint density at radius 3 is 2.56 bits per heavy atom. The number of nitrogens with one attached hydrogen (secondary N) is 1. The van der Waals surface area contributed by atoms with Crippen LogP contribution in [0.5, 0.6) is 0 Å². The molecular formula is C19H28N2O3S. The first kappa shape index (κ1) is 18.2. The van der Waals surface area contributed by atoms with Crippen molar-refractivity contribution < 1.29 is 13.2 Å². The van der Waals surface area contributed by atoms with Gasteiger partial charge in [0, 0.05) is 6.04 Å². The molecule has 2 bridgehead atoms. The van der Waals surface area contributed by atoms with E-state index in [1.54, 1.807) is 12.1 Å². The Kier molecular flexibility index (Phi) is 5.09. The Morgan fingerprint density at radius 1 is 1.28 bits per heavy atom. The van der Waals surface area contributed by atoms with E-state index in [-0.39, 0.29) is 18.5 Å². The van der Waals surface area contributed by atoms with E-state index < -0.39 is 10.0 Å². The van der Waals surface area contributed by atoms with E-state index in [1.807, 2.05) is 19.1 Å². The minimum atomic E-state index is -3.53. The smallest absolute Gasteiger partial charge is 0.240 e. The summed E-state index contributed by atoms with van der Waals surface area (Å²) in [5.74, 6) is 1.85. The van der Waals surface area contributed by atoms with Crippen LogP contribution in [0.15, 0.2) is 24.3 Å². The highest BCUT2D eigenvalue weighted by Gasteiger charge is 2.42. The lowest BCUT2D eigenvalue weighted by molar-refractivity contribution is -0.120. The zero-order valence-electron chi connectivity index (χ0n) is 15.2. The zero-order chi connectivity index (χ0) is 18.2. The summed E-state index contributed by atoms with van der Waals surface area (Å²) in [6.07, 6.45) is 6.24. The van der Waals surface area contributed by atoms with Crippen molar-refractivity contribution in [1.82, 2.24) is 5.32 Å². The summed E-state index contributed by atoms with van der Waals surface area (Å²) >= 11 is 0. The van der Waals surface area contributed by atoms with Crippen molar-refractivity contribution in [3.8, 4) is 0 Å². The van der Waals surface area contributed by atoms with Gasteiger partial charge in [-0.3, -0.25) is 9.10 Å². The van der Waals surface area contributed by atoms with Crippen LogP contribution in [-0.2, 0) is 14.8 Å². The maximum absolute atomic E-state index is 12.5. The minimum absolute atomic E-state index is 0.0982. The van der Waals surface area contributed by atoms with Crippen LogP contribution in [-0.4, -0.2) is 33.2 Å². The number of amides is 1. The second-order valence-electron chi connectivity index (χ2n) is 7.75.